The predicted octanol–water partition coefficient (Wildman–Crippen LogP) is 4.46. The number of aromatic hydroxyl groups is 1. The molecular formula is C20H25FN2O2. The van der Waals surface area contributed by atoms with Crippen LogP contribution < -0.4 is 5.32 Å². The summed E-state index contributed by atoms with van der Waals surface area (Å²) in [4.78, 5) is 14.4. The van der Waals surface area contributed by atoms with Crippen LogP contribution in [0.2, 0.25) is 0 Å². The molecule has 4 nitrogen and oxygen atoms in total. The molecule has 2 N–H and O–H groups in total. The number of rotatable bonds is 6. The van der Waals surface area contributed by atoms with E-state index in [0.717, 1.165) is 5.56 Å². The van der Waals surface area contributed by atoms with Gasteiger partial charge in [0.25, 0.3) is 0 Å². The summed E-state index contributed by atoms with van der Waals surface area (Å²) in [5, 5.41) is 12.9. The normalized spacial score (nSPS) is 12.0. The van der Waals surface area contributed by atoms with Crippen molar-refractivity contribution in [1.82, 2.24) is 10.2 Å². The van der Waals surface area contributed by atoms with E-state index in [-0.39, 0.29) is 23.6 Å². The summed E-state index contributed by atoms with van der Waals surface area (Å²) in [6, 6.07) is 12.6. The number of phenolic OH excluding ortho intramolecular Hbond substituents is 1. The maximum Gasteiger partial charge on any atom is 0.318 e. The molecule has 0 bridgehead atoms. The highest BCUT2D eigenvalue weighted by Crippen LogP contribution is 2.23. The third-order valence-electron chi connectivity index (χ3n) is 3.90. The third-order valence-corrected chi connectivity index (χ3v) is 3.90. The number of nitrogens with one attached hydrogen (secondary N) is 1. The topological polar surface area (TPSA) is 52.6 Å². The molecule has 2 aromatic rings. The van der Waals surface area contributed by atoms with E-state index in [9.17, 15) is 14.3 Å². The lowest BCUT2D eigenvalue weighted by molar-refractivity contribution is 0.184. The van der Waals surface area contributed by atoms with Crippen LogP contribution in [0.5, 0.6) is 5.75 Å². The van der Waals surface area contributed by atoms with Gasteiger partial charge in [-0.15, -0.1) is 0 Å². The average molecular weight is 344 g/mol. The van der Waals surface area contributed by atoms with E-state index in [1.54, 1.807) is 35.2 Å². The monoisotopic (exact) mass is 344 g/mol. The van der Waals surface area contributed by atoms with Crippen LogP contribution in [0.1, 0.15) is 37.9 Å². The summed E-state index contributed by atoms with van der Waals surface area (Å²) in [5.41, 5.74) is 1.54. The molecule has 0 heterocycles. The molecule has 0 aliphatic rings. The lowest BCUT2D eigenvalue weighted by Crippen LogP contribution is -2.42. The largest absolute Gasteiger partial charge is 0.508 e. The van der Waals surface area contributed by atoms with Crippen LogP contribution in [0.3, 0.4) is 0 Å². The summed E-state index contributed by atoms with van der Waals surface area (Å²) in [7, 11) is 0. The molecule has 0 aliphatic carbocycles. The van der Waals surface area contributed by atoms with Crippen molar-refractivity contribution in [3.05, 3.63) is 65.5 Å². The zero-order valence-corrected chi connectivity index (χ0v) is 14.9. The Hall–Kier alpha value is -2.56. The van der Waals surface area contributed by atoms with Crippen molar-refractivity contribution in [1.29, 1.82) is 0 Å². The molecule has 1 unspecified atom stereocenters. The highest BCUT2D eigenvalue weighted by molar-refractivity contribution is 5.75. The standard InChI is InChI=1S/C20H25FN2O2/c1-14(2)12-23(13-16-8-10-17(21)11-9-16)20(25)22-15(3)18-6-4-5-7-19(18)24/h4-11,14-15,24H,12-13H2,1-3H3,(H,22,25). The Morgan fingerprint density at radius 3 is 2.36 bits per heavy atom. The quantitative estimate of drug-likeness (QED) is 0.813. The first-order chi connectivity index (χ1) is 11.9. The first kappa shape index (κ1) is 18.8. The van der Waals surface area contributed by atoms with E-state index in [0.29, 0.717) is 24.6 Å². The van der Waals surface area contributed by atoms with Crippen LogP contribution >= 0.6 is 0 Å². The zero-order valence-electron chi connectivity index (χ0n) is 14.9. The van der Waals surface area contributed by atoms with Crippen LogP contribution in [0.25, 0.3) is 0 Å². The molecule has 134 valence electrons. The molecule has 5 heteroatoms. The number of phenols is 1. The Labute approximate surface area is 148 Å². The van der Waals surface area contributed by atoms with E-state index >= 15 is 0 Å². The van der Waals surface area contributed by atoms with Crippen LogP contribution in [0.15, 0.2) is 48.5 Å². The van der Waals surface area contributed by atoms with Crippen molar-refractivity contribution in [3.63, 3.8) is 0 Å². The van der Waals surface area contributed by atoms with Gasteiger partial charge in [0.05, 0.1) is 6.04 Å². The van der Waals surface area contributed by atoms with Gasteiger partial charge in [-0.1, -0.05) is 44.2 Å². The highest BCUT2D eigenvalue weighted by atomic mass is 19.1. The van der Waals surface area contributed by atoms with E-state index in [2.05, 4.69) is 5.32 Å². The molecular weight excluding hydrogens is 319 g/mol. The molecule has 0 aromatic heterocycles. The van der Waals surface area contributed by atoms with Gasteiger partial charge in [0.1, 0.15) is 11.6 Å². The minimum absolute atomic E-state index is 0.157. The van der Waals surface area contributed by atoms with Gasteiger partial charge in [-0.3, -0.25) is 0 Å². The number of halogens is 1. The number of carbonyl (C=O) groups is 1. The Morgan fingerprint density at radius 1 is 1.12 bits per heavy atom. The maximum atomic E-state index is 13.1. The van der Waals surface area contributed by atoms with Crippen molar-refractivity contribution in [2.45, 2.75) is 33.4 Å². The number of hydrogen-bond donors (Lipinski definition) is 2. The van der Waals surface area contributed by atoms with Gasteiger partial charge in [-0.05, 0) is 36.6 Å². The van der Waals surface area contributed by atoms with Crippen molar-refractivity contribution < 1.29 is 14.3 Å². The molecule has 2 aromatic carbocycles. The average Bonchev–Trinajstić information content (AvgIpc) is 2.56. The minimum atomic E-state index is -0.323. The predicted molar refractivity (Wildman–Crippen MR) is 96.7 cm³/mol. The van der Waals surface area contributed by atoms with E-state index in [1.165, 1.54) is 12.1 Å². The lowest BCUT2D eigenvalue weighted by Gasteiger charge is -2.27. The molecule has 2 rings (SSSR count). The van der Waals surface area contributed by atoms with Gasteiger partial charge in [0.15, 0.2) is 0 Å². The molecule has 0 fully saturated rings. The molecule has 0 spiro atoms. The number of urea groups is 1. The van der Waals surface area contributed by atoms with Gasteiger partial charge < -0.3 is 15.3 Å². The molecule has 25 heavy (non-hydrogen) atoms. The van der Waals surface area contributed by atoms with Crippen molar-refractivity contribution in [2.75, 3.05) is 6.54 Å². The molecule has 0 saturated carbocycles. The van der Waals surface area contributed by atoms with Gasteiger partial charge in [-0.25, -0.2) is 9.18 Å². The fourth-order valence-electron chi connectivity index (χ4n) is 2.68. The molecule has 0 saturated heterocycles. The molecule has 1 atom stereocenters. The van der Waals surface area contributed by atoms with Gasteiger partial charge in [0.2, 0.25) is 0 Å². The maximum absolute atomic E-state index is 13.1. The first-order valence-electron chi connectivity index (χ1n) is 8.44. The number of hydrogen-bond acceptors (Lipinski definition) is 2. The molecule has 0 radical (unpaired) electrons. The number of benzene rings is 2. The summed E-state index contributed by atoms with van der Waals surface area (Å²) >= 11 is 0. The van der Waals surface area contributed by atoms with Crippen LogP contribution in [-0.2, 0) is 6.54 Å². The van der Waals surface area contributed by atoms with Crippen LogP contribution in [0, 0.1) is 11.7 Å². The van der Waals surface area contributed by atoms with Crippen LogP contribution in [0.4, 0.5) is 9.18 Å². The highest BCUT2D eigenvalue weighted by Gasteiger charge is 2.19. The molecule has 2 amide bonds. The summed E-state index contributed by atoms with van der Waals surface area (Å²) < 4.78 is 13.1. The number of para-hydroxylation sites is 1. The smallest absolute Gasteiger partial charge is 0.318 e. The Kier molecular flexibility index (Phi) is 6.39. The SMILES string of the molecule is CC(C)CN(Cc1ccc(F)cc1)C(=O)NC(C)c1ccccc1O. The van der Waals surface area contributed by atoms with Gasteiger partial charge in [0, 0.05) is 18.7 Å². The Balaban J connectivity index is 2.09. The third kappa shape index (κ3) is 5.48. The summed E-state index contributed by atoms with van der Waals surface area (Å²) in [6.45, 7) is 6.89. The van der Waals surface area contributed by atoms with E-state index in [4.69, 9.17) is 0 Å². The minimum Gasteiger partial charge on any atom is -0.508 e. The van der Waals surface area contributed by atoms with Crippen LogP contribution in [-0.4, -0.2) is 22.6 Å². The lowest BCUT2D eigenvalue weighted by atomic mass is 10.1. The second-order valence-corrected chi connectivity index (χ2v) is 6.63. The first-order valence-corrected chi connectivity index (χ1v) is 8.44. The fraction of sp³-hybridized carbons (Fsp3) is 0.350. The van der Waals surface area contributed by atoms with E-state index < -0.39 is 0 Å². The van der Waals surface area contributed by atoms with E-state index in [1.807, 2.05) is 26.8 Å². The Morgan fingerprint density at radius 2 is 1.76 bits per heavy atom. The Bertz CT molecular complexity index is 701. The molecule has 0 aliphatic heterocycles. The van der Waals surface area contributed by atoms with Crippen molar-refractivity contribution in [3.8, 4) is 5.75 Å². The van der Waals surface area contributed by atoms with Crippen molar-refractivity contribution in [2.24, 2.45) is 5.92 Å². The summed E-state index contributed by atoms with van der Waals surface area (Å²) in [5.74, 6) is 0.160. The summed E-state index contributed by atoms with van der Waals surface area (Å²) in [6.07, 6.45) is 0. The number of nitrogens with zero attached hydrogens (tertiary/aromatic N) is 1. The van der Waals surface area contributed by atoms with Gasteiger partial charge in [-0.2, -0.15) is 0 Å². The van der Waals surface area contributed by atoms with Gasteiger partial charge >= 0.3 is 6.03 Å². The zero-order chi connectivity index (χ0) is 18.4. The second-order valence-electron chi connectivity index (χ2n) is 6.63. The number of carbonyl (C=O) groups excluding carboxylic acids is 1. The number of amides is 2. The fourth-order valence-corrected chi connectivity index (χ4v) is 2.68. The van der Waals surface area contributed by atoms with Crippen molar-refractivity contribution >= 4 is 6.03 Å². The second kappa shape index (κ2) is 8.51.